The summed E-state index contributed by atoms with van der Waals surface area (Å²) in [6, 6.07) is 9.09. The first-order valence-corrected chi connectivity index (χ1v) is 10.5. The number of anilines is 2. The second-order valence-electron chi connectivity index (χ2n) is 7.95. The summed E-state index contributed by atoms with van der Waals surface area (Å²) in [6.45, 7) is 4.86. The lowest BCUT2D eigenvalue weighted by Gasteiger charge is -2.18. The zero-order valence-electron chi connectivity index (χ0n) is 17.5. The van der Waals surface area contributed by atoms with Gasteiger partial charge >= 0.3 is 0 Å². The van der Waals surface area contributed by atoms with Crippen LogP contribution in [0.2, 0.25) is 0 Å². The first-order chi connectivity index (χ1) is 15.0. The number of ether oxygens (including phenoxy) is 4. The van der Waals surface area contributed by atoms with E-state index in [1.165, 1.54) is 0 Å². The molecule has 2 aromatic carbocycles. The Labute approximate surface area is 180 Å². The fourth-order valence-corrected chi connectivity index (χ4v) is 4.23. The highest BCUT2D eigenvalue weighted by Gasteiger charge is 2.36. The molecule has 1 fully saturated rings. The number of fused-ring (bicyclic) bond motifs is 2. The Bertz CT molecular complexity index is 1050. The van der Waals surface area contributed by atoms with Crippen molar-refractivity contribution in [3.8, 4) is 23.0 Å². The molecule has 8 nitrogen and oxygen atoms in total. The van der Waals surface area contributed by atoms with Crippen LogP contribution in [-0.4, -0.2) is 37.9 Å². The van der Waals surface area contributed by atoms with Gasteiger partial charge < -0.3 is 29.2 Å². The molecular weight excluding hydrogens is 400 g/mol. The van der Waals surface area contributed by atoms with Gasteiger partial charge in [0.2, 0.25) is 18.6 Å². The summed E-state index contributed by atoms with van der Waals surface area (Å²) < 4.78 is 22.3. The van der Waals surface area contributed by atoms with Gasteiger partial charge in [0.25, 0.3) is 0 Å². The summed E-state index contributed by atoms with van der Waals surface area (Å²) in [5.41, 5.74) is 2.33. The number of hydrogen-bond donors (Lipinski definition) is 1. The van der Waals surface area contributed by atoms with E-state index in [0.29, 0.717) is 41.8 Å². The van der Waals surface area contributed by atoms with Gasteiger partial charge in [-0.2, -0.15) is 0 Å². The second-order valence-corrected chi connectivity index (χ2v) is 7.95. The fraction of sp³-hybridized carbons (Fsp3) is 0.391. The molecule has 8 heteroatoms. The Balaban J connectivity index is 1.32. The predicted octanol–water partition coefficient (Wildman–Crippen LogP) is 3.13. The van der Waals surface area contributed by atoms with E-state index in [2.05, 4.69) is 5.32 Å². The second kappa shape index (κ2) is 7.68. The van der Waals surface area contributed by atoms with Gasteiger partial charge in [-0.25, -0.2) is 0 Å². The molecule has 5 rings (SSSR count). The lowest BCUT2D eigenvalue weighted by molar-refractivity contribution is -0.122. The lowest BCUT2D eigenvalue weighted by Crippen LogP contribution is -2.28. The highest BCUT2D eigenvalue weighted by Crippen LogP contribution is 2.39. The third-order valence-electron chi connectivity index (χ3n) is 5.72. The third kappa shape index (κ3) is 3.62. The van der Waals surface area contributed by atoms with Crippen molar-refractivity contribution in [3.05, 3.63) is 35.9 Å². The largest absolute Gasteiger partial charge is 0.492 e. The van der Waals surface area contributed by atoms with Crippen LogP contribution in [0.1, 0.15) is 25.8 Å². The van der Waals surface area contributed by atoms with Crippen LogP contribution >= 0.6 is 0 Å². The number of benzene rings is 2. The van der Waals surface area contributed by atoms with Crippen LogP contribution in [0.15, 0.2) is 30.3 Å². The number of carbonyl (C=O) groups is 2. The highest BCUT2D eigenvalue weighted by molar-refractivity contribution is 6.04. The van der Waals surface area contributed by atoms with Crippen molar-refractivity contribution in [3.63, 3.8) is 0 Å². The average molecular weight is 424 g/mol. The summed E-state index contributed by atoms with van der Waals surface area (Å²) in [5, 5.41) is 2.95. The van der Waals surface area contributed by atoms with E-state index in [9.17, 15) is 9.59 Å². The van der Waals surface area contributed by atoms with E-state index in [1.54, 1.807) is 23.1 Å². The topological polar surface area (TPSA) is 86.3 Å². The van der Waals surface area contributed by atoms with Crippen molar-refractivity contribution in [1.82, 2.24) is 0 Å². The van der Waals surface area contributed by atoms with Gasteiger partial charge in [-0.1, -0.05) is 0 Å². The van der Waals surface area contributed by atoms with Crippen molar-refractivity contribution in [2.24, 2.45) is 5.92 Å². The lowest BCUT2D eigenvalue weighted by atomic mass is 10.1. The Kier molecular flexibility index (Phi) is 4.84. The number of nitrogens with zero attached hydrogens (tertiary/aromatic N) is 1. The molecule has 2 aromatic rings. The summed E-state index contributed by atoms with van der Waals surface area (Å²) >= 11 is 0. The molecule has 1 saturated heterocycles. The van der Waals surface area contributed by atoms with E-state index in [0.717, 1.165) is 17.7 Å². The zero-order chi connectivity index (χ0) is 21.5. The summed E-state index contributed by atoms with van der Waals surface area (Å²) in [6.07, 6.45) is 1.05. The molecule has 1 N–H and O–H groups in total. The molecule has 3 heterocycles. The smallest absolute Gasteiger partial charge is 0.231 e. The molecule has 3 aliphatic heterocycles. The van der Waals surface area contributed by atoms with Crippen molar-refractivity contribution in [2.45, 2.75) is 32.8 Å². The van der Waals surface area contributed by atoms with Gasteiger partial charge in [0, 0.05) is 42.8 Å². The van der Waals surface area contributed by atoms with Gasteiger partial charge in [-0.15, -0.1) is 0 Å². The third-order valence-corrected chi connectivity index (χ3v) is 5.72. The minimum Gasteiger partial charge on any atom is -0.492 e. The molecule has 0 spiro atoms. The van der Waals surface area contributed by atoms with E-state index >= 15 is 0 Å². The maximum atomic E-state index is 13.0. The minimum atomic E-state index is -0.472. The SMILES string of the molecule is CCOc1cc2c(cc1NC(=O)C1CC(=O)N(c3ccc4c(c3)OCO4)C1)OC(C)C2. The van der Waals surface area contributed by atoms with Crippen LogP contribution in [0.5, 0.6) is 23.0 Å². The maximum Gasteiger partial charge on any atom is 0.231 e. The molecule has 2 amide bonds. The molecule has 2 unspecified atom stereocenters. The van der Waals surface area contributed by atoms with Gasteiger partial charge in [-0.05, 0) is 32.0 Å². The Hall–Kier alpha value is -3.42. The van der Waals surface area contributed by atoms with Crippen LogP contribution in [-0.2, 0) is 16.0 Å². The number of hydrogen-bond acceptors (Lipinski definition) is 6. The van der Waals surface area contributed by atoms with E-state index in [1.807, 2.05) is 26.0 Å². The summed E-state index contributed by atoms with van der Waals surface area (Å²) in [5.74, 6) is 1.84. The van der Waals surface area contributed by atoms with Crippen LogP contribution in [0, 0.1) is 5.92 Å². The van der Waals surface area contributed by atoms with Crippen molar-refractivity contribution in [2.75, 3.05) is 30.2 Å². The van der Waals surface area contributed by atoms with Crippen molar-refractivity contribution < 1.29 is 28.5 Å². The zero-order valence-corrected chi connectivity index (χ0v) is 17.5. The van der Waals surface area contributed by atoms with Crippen molar-refractivity contribution >= 4 is 23.2 Å². The Morgan fingerprint density at radius 2 is 2.00 bits per heavy atom. The molecule has 3 aliphatic rings. The van der Waals surface area contributed by atoms with E-state index in [-0.39, 0.29) is 31.1 Å². The number of rotatable bonds is 5. The molecule has 0 bridgehead atoms. The van der Waals surface area contributed by atoms with Crippen molar-refractivity contribution in [1.29, 1.82) is 0 Å². The highest BCUT2D eigenvalue weighted by atomic mass is 16.7. The van der Waals surface area contributed by atoms with Gasteiger partial charge in [0.05, 0.1) is 18.2 Å². The predicted molar refractivity (Wildman–Crippen MR) is 113 cm³/mol. The molecule has 0 aliphatic carbocycles. The quantitative estimate of drug-likeness (QED) is 0.794. The number of nitrogens with one attached hydrogen (secondary N) is 1. The monoisotopic (exact) mass is 424 g/mol. The number of carbonyl (C=O) groups excluding carboxylic acids is 2. The maximum absolute atomic E-state index is 13.0. The first-order valence-electron chi connectivity index (χ1n) is 10.5. The minimum absolute atomic E-state index is 0.0955. The Morgan fingerprint density at radius 1 is 1.16 bits per heavy atom. The molecule has 0 saturated carbocycles. The fourth-order valence-electron chi connectivity index (χ4n) is 4.23. The van der Waals surface area contributed by atoms with Gasteiger partial charge in [-0.3, -0.25) is 9.59 Å². The average Bonchev–Trinajstić information content (AvgIpc) is 3.45. The van der Waals surface area contributed by atoms with E-state index < -0.39 is 5.92 Å². The first kappa shape index (κ1) is 19.5. The summed E-state index contributed by atoms with van der Waals surface area (Å²) in [4.78, 5) is 27.3. The van der Waals surface area contributed by atoms with Crippen LogP contribution in [0.4, 0.5) is 11.4 Å². The summed E-state index contributed by atoms with van der Waals surface area (Å²) in [7, 11) is 0. The molecule has 0 aromatic heterocycles. The van der Waals surface area contributed by atoms with E-state index in [4.69, 9.17) is 18.9 Å². The normalized spacial score (nSPS) is 21.1. The molecule has 0 radical (unpaired) electrons. The van der Waals surface area contributed by atoms with Gasteiger partial charge in [0.15, 0.2) is 11.5 Å². The molecule has 2 atom stereocenters. The van der Waals surface area contributed by atoms with Crippen LogP contribution in [0.25, 0.3) is 0 Å². The number of amides is 2. The molecule has 162 valence electrons. The Morgan fingerprint density at radius 3 is 2.84 bits per heavy atom. The molecule has 31 heavy (non-hydrogen) atoms. The van der Waals surface area contributed by atoms with Crippen LogP contribution < -0.4 is 29.2 Å². The standard InChI is InChI=1S/C23H24N2O6/c1-3-28-20-7-14-6-13(2)31-19(14)10-17(20)24-23(27)15-8-22(26)25(11-15)16-4-5-18-21(9-16)30-12-29-18/h4-5,7,9-10,13,15H,3,6,8,11-12H2,1-2H3,(H,24,27). The van der Waals surface area contributed by atoms with Gasteiger partial charge in [0.1, 0.15) is 17.6 Å². The van der Waals surface area contributed by atoms with Crippen LogP contribution in [0.3, 0.4) is 0 Å². The molecular formula is C23H24N2O6.